The molecule has 1 aliphatic rings. The molecule has 0 saturated heterocycles. The predicted octanol–water partition coefficient (Wildman–Crippen LogP) is 4.18. The number of allylic oxidation sites excluding steroid dienone is 2. The molecule has 3 heterocycles. The Morgan fingerprint density at radius 2 is 1.32 bits per heavy atom. The summed E-state index contributed by atoms with van der Waals surface area (Å²) in [7, 11) is -3.36. The lowest BCUT2D eigenvalue weighted by molar-refractivity contribution is 0.610. The summed E-state index contributed by atoms with van der Waals surface area (Å²) in [5, 5.41) is 3.86. The van der Waals surface area contributed by atoms with Gasteiger partial charge in [-0.3, -0.25) is 0 Å². The van der Waals surface area contributed by atoms with Crippen LogP contribution in [0.1, 0.15) is 9.75 Å². The molecule has 2 nitrogen and oxygen atoms in total. The van der Waals surface area contributed by atoms with E-state index in [1.807, 2.05) is 35.0 Å². The van der Waals surface area contributed by atoms with Crippen molar-refractivity contribution >= 4 is 44.7 Å². The van der Waals surface area contributed by atoms with Crippen LogP contribution in [0.4, 0.5) is 0 Å². The third-order valence-electron chi connectivity index (χ3n) is 2.69. The van der Waals surface area contributed by atoms with Gasteiger partial charge >= 0.3 is 0 Å². The van der Waals surface area contributed by atoms with Gasteiger partial charge < -0.3 is 0 Å². The van der Waals surface area contributed by atoms with E-state index in [1.165, 1.54) is 22.7 Å². The minimum atomic E-state index is -3.36. The van der Waals surface area contributed by atoms with Crippen LogP contribution in [0.3, 0.4) is 0 Å². The van der Waals surface area contributed by atoms with E-state index in [-0.39, 0.29) is 0 Å². The fourth-order valence-corrected chi connectivity index (χ4v) is 4.57. The summed E-state index contributed by atoms with van der Waals surface area (Å²) in [4.78, 5) is 2.61. The lowest BCUT2D eigenvalue weighted by atomic mass is 10.3. The highest BCUT2D eigenvalue weighted by molar-refractivity contribution is 8.00. The van der Waals surface area contributed by atoms with Crippen molar-refractivity contribution in [1.82, 2.24) is 0 Å². The van der Waals surface area contributed by atoms with E-state index in [4.69, 9.17) is 0 Å². The molecule has 0 spiro atoms. The molecule has 1 aliphatic heterocycles. The molecule has 19 heavy (non-hydrogen) atoms. The highest BCUT2D eigenvalue weighted by atomic mass is 32.2. The van der Waals surface area contributed by atoms with Crippen molar-refractivity contribution in [3.05, 3.63) is 66.7 Å². The van der Waals surface area contributed by atoms with Gasteiger partial charge in [0.05, 0.1) is 9.81 Å². The molecule has 0 aromatic carbocycles. The van der Waals surface area contributed by atoms with Crippen molar-refractivity contribution in [3.8, 4) is 0 Å². The Labute approximate surface area is 120 Å². The number of sulfone groups is 1. The fourth-order valence-electron chi connectivity index (χ4n) is 1.76. The number of thiophene rings is 2. The smallest absolute Gasteiger partial charge is 0.206 e. The van der Waals surface area contributed by atoms with Gasteiger partial charge in [0.15, 0.2) is 0 Å². The van der Waals surface area contributed by atoms with Crippen molar-refractivity contribution in [2.24, 2.45) is 0 Å². The van der Waals surface area contributed by atoms with Gasteiger partial charge in [0.1, 0.15) is 0 Å². The van der Waals surface area contributed by atoms with Crippen molar-refractivity contribution in [3.63, 3.8) is 0 Å². The maximum Gasteiger partial charge on any atom is 0.206 e. The second-order valence-electron chi connectivity index (χ2n) is 3.96. The Morgan fingerprint density at radius 1 is 0.842 bits per heavy atom. The molecule has 0 saturated carbocycles. The SMILES string of the molecule is O=S1(=O)/C(=C\c2cccs2)C=C/C1=C\c1cccs1. The van der Waals surface area contributed by atoms with Gasteiger partial charge in [0.25, 0.3) is 0 Å². The molecule has 0 aliphatic carbocycles. The summed E-state index contributed by atoms with van der Waals surface area (Å²) in [6.45, 7) is 0. The van der Waals surface area contributed by atoms with Gasteiger partial charge in [0.2, 0.25) is 9.84 Å². The third-order valence-corrected chi connectivity index (χ3v) is 6.08. The fraction of sp³-hybridized carbons (Fsp3) is 0. The lowest BCUT2D eigenvalue weighted by Gasteiger charge is -1.98. The van der Waals surface area contributed by atoms with E-state index in [2.05, 4.69) is 0 Å². The second kappa shape index (κ2) is 4.92. The van der Waals surface area contributed by atoms with Crippen LogP contribution in [0.5, 0.6) is 0 Å². The zero-order chi connectivity index (χ0) is 13.3. The highest BCUT2D eigenvalue weighted by Gasteiger charge is 2.25. The van der Waals surface area contributed by atoms with Crippen molar-refractivity contribution in [2.75, 3.05) is 0 Å². The molecule has 5 heteroatoms. The first-order valence-corrected chi connectivity index (χ1v) is 8.84. The van der Waals surface area contributed by atoms with Crippen molar-refractivity contribution in [2.45, 2.75) is 0 Å². The first kappa shape index (κ1) is 12.6. The summed E-state index contributed by atoms with van der Waals surface area (Å²) in [5.74, 6) is 0. The normalized spacial score (nSPS) is 21.5. The van der Waals surface area contributed by atoms with E-state index in [1.54, 1.807) is 24.3 Å². The first-order valence-electron chi connectivity index (χ1n) is 5.60. The zero-order valence-corrected chi connectivity index (χ0v) is 12.3. The number of hydrogen-bond acceptors (Lipinski definition) is 4. The molecule has 96 valence electrons. The van der Waals surface area contributed by atoms with Gasteiger partial charge in [-0.2, -0.15) is 0 Å². The maximum absolute atomic E-state index is 12.4. The van der Waals surface area contributed by atoms with Gasteiger partial charge in [-0.05, 0) is 47.2 Å². The molecular weight excluding hydrogens is 296 g/mol. The molecule has 0 unspecified atom stereocenters. The molecule has 0 N–H and O–H groups in total. The van der Waals surface area contributed by atoms with Gasteiger partial charge in [-0.25, -0.2) is 8.42 Å². The van der Waals surface area contributed by atoms with E-state index >= 15 is 0 Å². The Morgan fingerprint density at radius 3 is 1.68 bits per heavy atom. The van der Waals surface area contributed by atoms with Gasteiger partial charge in [-0.1, -0.05) is 12.1 Å². The van der Waals surface area contributed by atoms with Crippen LogP contribution in [0.2, 0.25) is 0 Å². The van der Waals surface area contributed by atoms with E-state index in [0.29, 0.717) is 9.81 Å². The predicted molar refractivity (Wildman–Crippen MR) is 82.7 cm³/mol. The average Bonchev–Trinajstić information content (AvgIpc) is 3.08. The van der Waals surface area contributed by atoms with Gasteiger partial charge in [-0.15, -0.1) is 22.7 Å². The van der Waals surface area contributed by atoms with Crippen molar-refractivity contribution in [1.29, 1.82) is 0 Å². The topological polar surface area (TPSA) is 34.1 Å². The van der Waals surface area contributed by atoms with E-state index in [0.717, 1.165) is 9.75 Å². The van der Waals surface area contributed by atoms with Crippen LogP contribution in [-0.4, -0.2) is 8.42 Å². The first-order chi connectivity index (χ1) is 9.16. The second-order valence-corrected chi connectivity index (χ2v) is 7.87. The summed E-state index contributed by atoms with van der Waals surface area (Å²) < 4.78 is 24.7. The highest BCUT2D eigenvalue weighted by Crippen LogP contribution is 2.31. The molecule has 0 radical (unpaired) electrons. The maximum atomic E-state index is 12.4. The number of hydrogen-bond donors (Lipinski definition) is 0. The van der Waals surface area contributed by atoms with Crippen LogP contribution in [0.15, 0.2) is 57.0 Å². The standard InChI is InChI=1S/C14H10O2S3/c15-19(16)13(9-11-3-1-7-17-11)5-6-14(19)10-12-4-2-8-18-12/h1-10H/b13-9-,14-10+. The van der Waals surface area contributed by atoms with Crippen LogP contribution >= 0.6 is 22.7 Å². The van der Waals surface area contributed by atoms with Crippen LogP contribution in [-0.2, 0) is 9.84 Å². The molecule has 0 fully saturated rings. The lowest BCUT2D eigenvalue weighted by Crippen LogP contribution is -1.98. The average molecular weight is 306 g/mol. The Kier molecular flexibility index (Phi) is 3.26. The summed E-state index contributed by atoms with van der Waals surface area (Å²) in [5.41, 5.74) is 0. The minimum absolute atomic E-state index is 0.359. The largest absolute Gasteiger partial charge is 0.219 e. The zero-order valence-electron chi connectivity index (χ0n) is 9.81. The Bertz CT molecular complexity index is 699. The molecule has 0 amide bonds. The monoisotopic (exact) mass is 306 g/mol. The molecule has 0 bridgehead atoms. The molecular formula is C14H10O2S3. The van der Waals surface area contributed by atoms with Gasteiger partial charge in [0, 0.05) is 9.75 Å². The Hall–Kier alpha value is -1.43. The van der Waals surface area contributed by atoms with Crippen LogP contribution in [0, 0.1) is 0 Å². The number of rotatable bonds is 2. The van der Waals surface area contributed by atoms with Crippen molar-refractivity contribution < 1.29 is 8.42 Å². The third kappa shape index (κ3) is 2.49. The summed E-state index contributed by atoms with van der Waals surface area (Å²) in [6, 6.07) is 7.62. The van der Waals surface area contributed by atoms with E-state index < -0.39 is 9.84 Å². The molecule has 2 aromatic rings. The minimum Gasteiger partial charge on any atom is -0.219 e. The Balaban J connectivity index is 2.00. The van der Waals surface area contributed by atoms with E-state index in [9.17, 15) is 8.42 Å². The summed E-state index contributed by atoms with van der Waals surface area (Å²) in [6.07, 6.45) is 6.75. The van der Waals surface area contributed by atoms with Crippen LogP contribution < -0.4 is 0 Å². The molecule has 2 aromatic heterocycles. The molecule has 0 atom stereocenters. The summed E-state index contributed by atoms with van der Waals surface area (Å²) >= 11 is 3.05. The molecule has 3 rings (SSSR count). The quantitative estimate of drug-likeness (QED) is 0.834. The van der Waals surface area contributed by atoms with Crippen LogP contribution in [0.25, 0.3) is 12.2 Å².